The molecule has 2 nitrogen and oxygen atoms in total. The summed E-state index contributed by atoms with van der Waals surface area (Å²) in [5, 5.41) is 1.80. The van der Waals surface area contributed by atoms with Crippen LogP contribution in [0.25, 0.3) is 0 Å². The van der Waals surface area contributed by atoms with Gasteiger partial charge in [-0.3, -0.25) is 0 Å². The number of hydrogen-bond acceptors (Lipinski definition) is 1. The van der Waals surface area contributed by atoms with E-state index in [-0.39, 0.29) is 0 Å². The highest BCUT2D eigenvalue weighted by atomic mass is 79.9. The van der Waals surface area contributed by atoms with Gasteiger partial charge in [-0.25, -0.2) is 4.57 Å². The normalized spacial score (nSPS) is 14.5. The van der Waals surface area contributed by atoms with E-state index in [0.29, 0.717) is 0 Å². The zero-order valence-electron chi connectivity index (χ0n) is 12.6. The van der Waals surface area contributed by atoms with Crippen LogP contribution in [-0.4, -0.2) is 13.1 Å². The van der Waals surface area contributed by atoms with E-state index in [4.69, 9.17) is 0 Å². The van der Waals surface area contributed by atoms with Crippen molar-refractivity contribution in [2.45, 2.75) is 30.0 Å². The quantitative estimate of drug-likeness (QED) is 0.509. The van der Waals surface area contributed by atoms with Crippen molar-refractivity contribution >= 4 is 37.5 Å². The molecule has 1 fully saturated rings. The van der Waals surface area contributed by atoms with Crippen LogP contribution in [-0.2, 0) is 17.2 Å². The van der Waals surface area contributed by atoms with Gasteiger partial charge < -0.3 is 4.90 Å². The third-order valence-electron chi connectivity index (χ3n) is 4.13. The average Bonchev–Trinajstić information content (AvgIpc) is 3.09. The molecule has 0 unspecified atom stereocenters. The number of benzene rings is 1. The average molecular weight is 425 g/mol. The molecule has 3 rings (SSSR count). The van der Waals surface area contributed by atoms with Crippen molar-refractivity contribution in [3.05, 3.63) is 59.4 Å². The summed E-state index contributed by atoms with van der Waals surface area (Å²) in [6.45, 7) is 3.32. The second-order valence-electron chi connectivity index (χ2n) is 5.85. The van der Waals surface area contributed by atoms with Gasteiger partial charge in [-0.1, -0.05) is 37.9 Å². The molecule has 0 atom stereocenters. The highest BCUT2D eigenvalue weighted by molar-refractivity contribution is 9.08. The summed E-state index contributed by atoms with van der Waals surface area (Å²) in [4.78, 5) is 2.47. The molecule has 1 aromatic heterocycles. The number of pyridine rings is 1. The van der Waals surface area contributed by atoms with Gasteiger partial charge in [0, 0.05) is 47.1 Å². The summed E-state index contributed by atoms with van der Waals surface area (Å²) in [5.41, 5.74) is 5.37. The van der Waals surface area contributed by atoms with Crippen LogP contribution in [0.2, 0.25) is 0 Å². The Morgan fingerprint density at radius 3 is 1.95 bits per heavy atom. The van der Waals surface area contributed by atoms with Crippen molar-refractivity contribution in [1.82, 2.24) is 0 Å². The van der Waals surface area contributed by atoms with E-state index in [9.17, 15) is 0 Å². The summed E-state index contributed by atoms with van der Waals surface area (Å²) in [5.74, 6) is 0. The highest BCUT2D eigenvalue weighted by Gasteiger charge is 2.13. The smallest absolute Gasteiger partial charge is 0.173 e. The minimum atomic E-state index is 0.902. The van der Waals surface area contributed by atoms with Crippen molar-refractivity contribution < 1.29 is 4.57 Å². The molecule has 0 N–H and O–H groups in total. The number of rotatable bonds is 5. The number of nitrogens with zero attached hydrogens (tertiary/aromatic N) is 2. The van der Waals surface area contributed by atoms with Crippen molar-refractivity contribution in [1.29, 1.82) is 0 Å². The van der Waals surface area contributed by atoms with E-state index in [1.54, 1.807) is 0 Å². The van der Waals surface area contributed by atoms with Crippen LogP contribution < -0.4 is 9.47 Å². The lowest BCUT2D eigenvalue weighted by Gasteiger charge is -2.16. The number of alkyl halides is 2. The molecule has 4 heteroatoms. The van der Waals surface area contributed by atoms with Crippen molar-refractivity contribution in [2.75, 3.05) is 18.0 Å². The minimum Gasteiger partial charge on any atom is -0.371 e. The van der Waals surface area contributed by atoms with Gasteiger partial charge in [-0.2, -0.15) is 0 Å². The molecule has 1 saturated heterocycles. The summed E-state index contributed by atoms with van der Waals surface area (Å²) in [7, 11) is 0. The largest absolute Gasteiger partial charge is 0.371 e. The molecule has 116 valence electrons. The summed E-state index contributed by atoms with van der Waals surface area (Å²) in [6.07, 6.45) is 7.04. The molecule has 0 bridgehead atoms. The lowest BCUT2D eigenvalue weighted by Crippen LogP contribution is -2.33. The van der Waals surface area contributed by atoms with E-state index >= 15 is 0 Å². The fraction of sp³-hybridized carbons (Fsp3) is 0.389. The Morgan fingerprint density at radius 2 is 1.41 bits per heavy atom. The lowest BCUT2D eigenvalue weighted by molar-refractivity contribution is -0.688. The predicted octanol–water partition coefficient (Wildman–Crippen LogP) is 4.41. The van der Waals surface area contributed by atoms with Gasteiger partial charge in [-0.05, 0) is 36.1 Å². The van der Waals surface area contributed by atoms with Gasteiger partial charge in [0.25, 0.3) is 0 Å². The zero-order chi connectivity index (χ0) is 15.4. The van der Waals surface area contributed by atoms with E-state index in [2.05, 4.69) is 84.1 Å². The maximum absolute atomic E-state index is 3.56. The Kier molecular flexibility index (Phi) is 5.53. The van der Waals surface area contributed by atoms with Crippen LogP contribution in [0.5, 0.6) is 0 Å². The van der Waals surface area contributed by atoms with Crippen LogP contribution in [0, 0.1) is 0 Å². The van der Waals surface area contributed by atoms with E-state index in [0.717, 1.165) is 17.2 Å². The maximum Gasteiger partial charge on any atom is 0.173 e. The van der Waals surface area contributed by atoms with Crippen molar-refractivity contribution in [3.63, 3.8) is 0 Å². The third-order valence-corrected chi connectivity index (χ3v) is 5.43. The van der Waals surface area contributed by atoms with Crippen LogP contribution in [0.1, 0.15) is 29.5 Å². The molecule has 1 aliphatic heterocycles. The molecule has 0 amide bonds. The fourth-order valence-electron chi connectivity index (χ4n) is 3.04. The molecule has 1 aliphatic rings. The number of anilines is 1. The first-order chi connectivity index (χ1) is 10.8. The lowest BCUT2D eigenvalue weighted by atomic mass is 10.1. The fourth-order valence-corrected chi connectivity index (χ4v) is 3.68. The molecule has 2 heterocycles. The first kappa shape index (κ1) is 16.0. The molecule has 0 radical (unpaired) electrons. The number of aromatic nitrogens is 1. The Balaban J connectivity index is 1.75. The van der Waals surface area contributed by atoms with E-state index < -0.39 is 0 Å². The molecule has 0 spiro atoms. The summed E-state index contributed by atoms with van der Waals surface area (Å²) >= 11 is 7.12. The minimum absolute atomic E-state index is 0.902. The predicted molar refractivity (Wildman–Crippen MR) is 98.9 cm³/mol. The monoisotopic (exact) mass is 423 g/mol. The molecule has 1 aromatic carbocycles. The molecule has 22 heavy (non-hydrogen) atoms. The maximum atomic E-state index is 3.56. The summed E-state index contributed by atoms with van der Waals surface area (Å²) in [6, 6.07) is 11.3. The van der Waals surface area contributed by atoms with Gasteiger partial charge in [0.1, 0.15) is 0 Å². The van der Waals surface area contributed by atoms with Crippen molar-refractivity contribution in [3.8, 4) is 0 Å². The second-order valence-corrected chi connectivity index (χ2v) is 6.97. The van der Waals surface area contributed by atoms with Gasteiger partial charge in [0.2, 0.25) is 0 Å². The van der Waals surface area contributed by atoms with Gasteiger partial charge >= 0.3 is 0 Å². The van der Waals surface area contributed by atoms with Crippen LogP contribution >= 0.6 is 31.9 Å². The van der Waals surface area contributed by atoms with Gasteiger partial charge in [0.15, 0.2) is 18.9 Å². The molecule has 0 aliphatic carbocycles. The molecular weight excluding hydrogens is 404 g/mol. The third kappa shape index (κ3) is 3.90. The van der Waals surface area contributed by atoms with Gasteiger partial charge in [0.05, 0.1) is 0 Å². The van der Waals surface area contributed by atoms with Crippen LogP contribution in [0.4, 0.5) is 5.69 Å². The van der Waals surface area contributed by atoms with Crippen LogP contribution in [0.15, 0.2) is 42.7 Å². The Hall–Kier alpha value is -0.870. The standard InChI is InChI=1S/C18H21Br2N2/c19-12-15-9-16(13-20)11-17(10-15)14-21-7-3-18(4-8-21)22-5-1-2-6-22/h3-4,7-11H,1-2,5-6,12-14H2/q+1. The Bertz CT molecular complexity index is 597. The van der Waals surface area contributed by atoms with Crippen LogP contribution in [0.3, 0.4) is 0 Å². The zero-order valence-corrected chi connectivity index (χ0v) is 15.8. The Morgan fingerprint density at radius 1 is 0.864 bits per heavy atom. The summed E-state index contributed by atoms with van der Waals surface area (Å²) < 4.78 is 2.25. The van der Waals surface area contributed by atoms with E-state index in [1.165, 1.54) is 48.3 Å². The molecule has 0 saturated carbocycles. The topological polar surface area (TPSA) is 7.12 Å². The molecule has 2 aromatic rings. The molecular formula is C18H21Br2N2+. The highest BCUT2D eigenvalue weighted by Crippen LogP contribution is 2.19. The first-order valence-electron chi connectivity index (χ1n) is 7.76. The Labute approximate surface area is 149 Å². The second kappa shape index (κ2) is 7.60. The number of halogens is 2. The number of hydrogen-bond donors (Lipinski definition) is 0. The van der Waals surface area contributed by atoms with Crippen molar-refractivity contribution in [2.24, 2.45) is 0 Å². The SMILES string of the molecule is BrCc1cc(CBr)cc(C[n+]2ccc(N3CCCC3)cc2)c1. The van der Waals surface area contributed by atoms with E-state index in [1.807, 2.05) is 0 Å². The van der Waals surface area contributed by atoms with Gasteiger partial charge in [-0.15, -0.1) is 0 Å². The first-order valence-corrected chi connectivity index (χ1v) is 10.0.